The van der Waals surface area contributed by atoms with Crippen LogP contribution < -0.4 is 15.5 Å². The summed E-state index contributed by atoms with van der Waals surface area (Å²) >= 11 is 0. The first kappa shape index (κ1) is 19.5. The standard InChI is InChI=1S/C21H27N3O2/c1-16(2)20(25)22-14-9-15-24(18-11-5-4-6-12-18)21(26)23-19-13-8-7-10-17(19)3/h4-8,10-13,16H,9,14-15H2,1-3H3,(H,22,25)(H,23,26). The highest BCUT2D eigenvalue weighted by Crippen LogP contribution is 2.18. The summed E-state index contributed by atoms with van der Waals surface area (Å²) in [5.41, 5.74) is 2.64. The van der Waals surface area contributed by atoms with Crippen LogP contribution in [0.2, 0.25) is 0 Å². The lowest BCUT2D eigenvalue weighted by molar-refractivity contribution is -0.123. The van der Waals surface area contributed by atoms with Crippen molar-refractivity contribution in [1.82, 2.24) is 5.32 Å². The molecule has 0 fully saturated rings. The number of para-hydroxylation sites is 2. The minimum absolute atomic E-state index is 0.0284. The average molecular weight is 353 g/mol. The van der Waals surface area contributed by atoms with E-state index in [0.717, 1.165) is 16.9 Å². The first-order valence-electron chi connectivity index (χ1n) is 8.96. The van der Waals surface area contributed by atoms with E-state index in [1.165, 1.54) is 0 Å². The molecule has 3 amide bonds. The Bertz CT molecular complexity index is 729. The summed E-state index contributed by atoms with van der Waals surface area (Å²) in [5, 5.41) is 5.87. The zero-order chi connectivity index (χ0) is 18.9. The summed E-state index contributed by atoms with van der Waals surface area (Å²) in [5.74, 6) is -0.00907. The Morgan fingerprint density at radius 3 is 2.31 bits per heavy atom. The van der Waals surface area contributed by atoms with E-state index in [4.69, 9.17) is 0 Å². The minimum atomic E-state index is -0.180. The number of carbonyl (C=O) groups excluding carboxylic acids is 2. The van der Waals surface area contributed by atoms with E-state index in [9.17, 15) is 9.59 Å². The third-order valence-corrected chi connectivity index (χ3v) is 4.08. The maximum atomic E-state index is 12.8. The molecule has 2 rings (SSSR count). The van der Waals surface area contributed by atoms with E-state index in [0.29, 0.717) is 19.5 Å². The first-order valence-corrected chi connectivity index (χ1v) is 8.96. The van der Waals surface area contributed by atoms with Gasteiger partial charge >= 0.3 is 6.03 Å². The molecule has 0 radical (unpaired) electrons. The van der Waals surface area contributed by atoms with E-state index >= 15 is 0 Å². The van der Waals surface area contributed by atoms with Crippen molar-refractivity contribution in [2.24, 2.45) is 5.92 Å². The van der Waals surface area contributed by atoms with Gasteiger partial charge in [0.2, 0.25) is 5.91 Å². The quantitative estimate of drug-likeness (QED) is 0.733. The molecule has 0 aliphatic carbocycles. The van der Waals surface area contributed by atoms with Crippen LogP contribution in [0.3, 0.4) is 0 Å². The van der Waals surface area contributed by atoms with Crippen LogP contribution in [0.25, 0.3) is 0 Å². The van der Waals surface area contributed by atoms with E-state index < -0.39 is 0 Å². The number of amides is 3. The second-order valence-electron chi connectivity index (χ2n) is 6.53. The fraction of sp³-hybridized carbons (Fsp3) is 0.333. The summed E-state index contributed by atoms with van der Waals surface area (Å²) in [6.07, 6.45) is 0.675. The topological polar surface area (TPSA) is 61.4 Å². The monoisotopic (exact) mass is 353 g/mol. The van der Waals surface area contributed by atoms with Gasteiger partial charge in [-0.05, 0) is 37.1 Å². The number of nitrogens with zero attached hydrogens (tertiary/aromatic N) is 1. The van der Waals surface area contributed by atoms with Gasteiger partial charge in [0.25, 0.3) is 0 Å². The second-order valence-corrected chi connectivity index (χ2v) is 6.53. The largest absolute Gasteiger partial charge is 0.356 e. The maximum Gasteiger partial charge on any atom is 0.326 e. The molecule has 0 saturated heterocycles. The van der Waals surface area contributed by atoms with Crippen molar-refractivity contribution < 1.29 is 9.59 Å². The second kappa shape index (κ2) is 9.61. The fourth-order valence-corrected chi connectivity index (χ4v) is 2.50. The molecule has 5 heteroatoms. The summed E-state index contributed by atoms with van der Waals surface area (Å²) < 4.78 is 0. The van der Waals surface area contributed by atoms with Crippen LogP contribution in [0.4, 0.5) is 16.2 Å². The highest BCUT2D eigenvalue weighted by molar-refractivity contribution is 6.02. The lowest BCUT2D eigenvalue weighted by Gasteiger charge is -2.24. The van der Waals surface area contributed by atoms with Crippen LogP contribution in [0.1, 0.15) is 25.8 Å². The predicted molar refractivity (Wildman–Crippen MR) is 106 cm³/mol. The van der Waals surface area contributed by atoms with Gasteiger partial charge < -0.3 is 10.6 Å². The van der Waals surface area contributed by atoms with Gasteiger partial charge in [-0.25, -0.2) is 4.79 Å². The SMILES string of the molecule is Cc1ccccc1NC(=O)N(CCCNC(=O)C(C)C)c1ccccc1. The van der Waals surface area contributed by atoms with E-state index in [2.05, 4.69) is 10.6 Å². The third kappa shape index (κ3) is 5.62. The summed E-state index contributed by atoms with van der Waals surface area (Å²) in [6.45, 7) is 6.74. The van der Waals surface area contributed by atoms with Crippen molar-refractivity contribution in [3.63, 3.8) is 0 Å². The van der Waals surface area contributed by atoms with Crippen molar-refractivity contribution in [3.05, 3.63) is 60.2 Å². The average Bonchev–Trinajstić information content (AvgIpc) is 2.64. The highest BCUT2D eigenvalue weighted by Gasteiger charge is 2.16. The van der Waals surface area contributed by atoms with Crippen molar-refractivity contribution in [2.75, 3.05) is 23.3 Å². The van der Waals surface area contributed by atoms with Crippen molar-refractivity contribution >= 4 is 23.3 Å². The number of benzene rings is 2. The van der Waals surface area contributed by atoms with Crippen LogP contribution in [-0.4, -0.2) is 25.0 Å². The number of rotatable bonds is 7. The van der Waals surface area contributed by atoms with Crippen LogP contribution in [-0.2, 0) is 4.79 Å². The molecule has 2 aromatic rings. The molecule has 0 aliphatic rings. The zero-order valence-corrected chi connectivity index (χ0v) is 15.7. The zero-order valence-electron chi connectivity index (χ0n) is 15.7. The van der Waals surface area contributed by atoms with Crippen LogP contribution in [0, 0.1) is 12.8 Å². The Kier molecular flexibility index (Phi) is 7.21. The van der Waals surface area contributed by atoms with Gasteiger partial charge in [0.05, 0.1) is 0 Å². The normalized spacial score (nSPS) is 10.5. The van der Waals surface area contributed by atoms with Crippen molar-refractivity contribution in [2.45, 2.75) is 27.2 Å². The summed E-state index contributed by atoms with van der Waals surface area (Å²) in [4.78, 5) is 26.2. The Labute approximate surface area is 155 Å². The lowest BCUT2D eigenvalue weighted by atomic mass is 10.2. The fourth-order valence-electron chi connectivity index (χ4n) is 2.50. The number of urea groups is 1. The number of carbonyl (C=O) groups is 2. The van der Waals surface area contributed by atoms with Crippen LogP contribution >= 0.6 is 0 Å². The highest BCUT2D eigenvalue weighted by atomic mass is 16.2. The smallest absolute Gasteiger partial charge is 0.326 e. The Morgan fingerprint density at radius 2 is 1.65 bits per heavy atom. The van der Waals surface area contributed by atoms with Gasteiger partial charge in [0.1, 0.15) is 0 Å². The number of hydrogen-bond acceptors (Lipinski definition) is 2. The van der Waals surface area contributed by atoms with Crippen molar-refractivity contribution in [3.8, 4) is 0 Å². The molecule has 0 heterocycles. The van der Waals surface area contributed by atoms with Gasteiger partial charge in [0.15, 0.2) is 0 Å². The van der Waals surface area contributed by atoms with Gasteiger partial charge in [-0.3, -0.25) is 9.69 Å². The molecule has 26 heavy (non-hydrogen) atoms. The van der Waals surface area contributed by atoms with Gasteiger partial charge in [-0.1, -0.05) is 50.2 Å². The number of anilines is 2. The molecule has 0 saturated carbocycles. The molecular formula is C21H27N3O2. The minimum Gasteiger partial charge on any atom is -0.356 e. The first-order chi connectivity index (χ1) is 12.5. The summed E-state index contributed by atoms with van der Waals surface area (Å²) in [7, 11) is 0. The van der Waals surface area contributed by atoms with Gasteiger partial charge in [-0.2, -0.15) is 0 Å². The molecule has 0 aromatic heterocycles. The van der Waals surface area contributed by atoms with E-state index in [-0.39, 0.29) is 17.9 Å². The molecule has 2 N–H and O–H groups in total. The Morgan fingerprint density at radius 1 is 1.00 bits per heavy atom. The molecule has 0 aliphatic heterocycles. The van der Waals surface area contributed by atoms with Crippen molar-refractivity contribution in [1.29, 1.82) is 0 Å². The van der Waals surface area contributed by atoms with Gasteiger partial charge in [-0.15, -0.1) is 0 Å². The van der Waals surface area contributed by atoms with Gasteiger partial charge in [0, 0.05) is 30.4 Å². The molecule has 2 aromatic carbocycles. The van der Waals surface area contributed by atoms with E-state index in [1.54, 1.807) is 4.90 Å². The predicted octanol–water partition coefficient (Wildman–Crippen LogP) is 4.20. The van der Waals surface area contributed by atoms with Crippen LogP contribution in [0.5, 0.6) is 0 Å². The molecule has 0 unspecified atom stereocenters. The lowest BCUT2D eigenvalue weighted by Crippen LogP contribution is -2.38. The Hall–Kier alpha value is -2.82. The molecule has 5 nitrogen and oxygen atoms in total. The number of aryl methyl sites for hydroxylation is 1. The molecule has 138 valence electrons. The summed E-state index contributed by atoms with van der Waals surface area (Å²) in [6, 6.07) is 17.1. The molecule has 0 atom stereocenters. The molecule has 0 bridgehead atoms. The Balaban J connectivity index is 2.03. The number of nitrogens with one attached hydrogen (secondary N) is 2. The number of hydrogen-bond donors (Lipinski definition) is 2. The maximum absolute atomic E-state index is 12.8. The molecule has 0 spiro atoms. The molecular weight excluding hydrogens is 326 g/mol. The third-order valence-electron chi connectivity index (χ3n) is 4.08. The van der Waals surface area contributed by atoms with Crippen LogP contribution in [0.15, 0.2) is 54.6 Å². The van der Waals surface area contributed by atoms with E-state index in [1.807, 2.05) is 75.4 Å².